The topological polar surface area (TPSA) is 66.5 Å². The third-order valence-electron chi connectivity index (χ3n) is 2.94. The number of oxime groups is 1. The van der Waals surface area contributed by atoms with E-state index in [1.807, 2.05) is 54.7 Å². The molecule has 0 aliphatic carbocycles. The summed E-state index contributed by atoms with van der Waals surface area (Å²) < 4.78 is 0. The van der Waals surface area contributed by atoms with Crippen molar-refractivity contribution in [3.8, 4) is 0 Å². The quantitative estimate of drug-likeness (QED) is 0.435. The highest BCUT2D eigenvalue weighted by molar-refractivity contribution is 5.90. The van der Waals surface area contributed by atoms with E-state index in [2.05, 4.69) is 15.5 Å². The van der Waals surface area contributed by atoms with Crippen LogP contribution in [0, 0.1) is 0 Å². The third-order valence-corrected chi connectivity index (χ3v) is 2.94. The van der Waals surface area contributed by atoms with E-state index >= 15 is 0 Å². The van der Waals surface area contributed by atoms with Crippen LogP contribution < -0.4 is 5.32 Å². The Morgan fingerprint density at radius 3 is 2.86 bits per heavy atom. The number of aromatic nitrogens is 1. The molecule has 2 N–H and O–H groups in total. The minimum absolute atomic E-state index is 0.628. The highest BCUT2D eigenvalue weighted by Crippen LogP contribution is 2.17. The van der Waals surface area contributed by atoms with Gasteiger partial charge in [-0.2, -0.15) is 0 Å². The summed E-state index contributed by atoms with van der Waals surface area (Å²) in [6.45, 7) is 0. The third kappa shape index (κ3) is 3.27. The van der Waals surface area contributed by atoms with Gasteiger partial charge in [0, 0.05) is 22.8 Å². The predicted molar refractivity (Wildman–Crippen MR) is 82.4 cm³/mol. The molecule has 1 amide bonds. The van der Waals surface area contributed by atoms with Gasteiger partial charge < -0.3 is 4.98 Å². The number of anilines is 1. The molecule has 104 valence electrons. The molecular weight excluding hydrogens is 266 g/mol. The van der Waals surface area contributed by atoms with E-state index < -0.39 is 6.09 Å². The van der Waals surface area contributed by atoms with Crippen molar-refractivity contribution in [2.75, 3.05) is 5.32 Å². The van der Waals surface area contributed by atoms with Crippen LogP contribution in [-0.4, -0.2) is 17.3 Å². The summed E-state index contributed by atoms with van der Waals surface area (Å²) in [7, 11) is 0. The molecule has 0 aliphatic rings. The first kappa shape index (κ1) is 12.9. The van der Waals surface area contributed by atoms with Gasteiger partial charge in [-0.1, -0.05) is 35.5 Å². The number of benzene rings is 2. The summed E-state index contributed by atoms with van der Waals surface area (Å²) in [5.74, 6) is 0. The molecule has 21 heavy (non-hydrogen) atoms. The van der Waals surface area contributed by atoms with Crippen LogP contribution in [-0.2, 0) is 4.84 Å². The van der Waals surface area contributed by atoms with Crippen LogP contribution in [0.5, 0.6) is 0 Å². The first-order valence-corrected chi connectivity index (χ1v) is 6.45. The number of hydrogen-bond donors (Lipinski definition) is 2. The molecule has 0 aliphatic heterocycles. The van der Waals surface area contributed by atoms with E-state index in [-0.39, 0.29) is 0 Å². The average molecular weight is 279 g/mol. The van der Waals surface area contributed by atoms with Crippen molar-refractivity contribution in [2.45, 2.75) is 0 Å². The number of nitrogens with one attached hydrogen (secondary N) is 2. The summed E-state index contributed by atoms with van der Waals surface area (Å²) in [5.41, 5.74) is 2.53. The second-order valence-corrected chi connectivity index (χ2v) is 4.43. The minimum Gasteiger partial charge on any atom is -0.361 e. The maximum Gasteiger partial charge on any atom is 0.437 e. The monoisotopic (exact) mass is 279 g/mol. The summed E-state index contributed by atoms with van der Waals surface area (Å²) >= 11 is 0. The van der Waals surface area contributed by atoms with Gasteiger partial charge in [-0.25, -0.2) is 4.79 Å². The first-order chi connectivity index (χ1) is 10.3. The molecule has 5 nitrogen and oxygen atoms in total. The second kappa shape index (κ2) is 5.92. The zero-order valence-electron chi connectivity index (χ0n) is 11.1. The van der Waals surface area contributed by atoms with Gasteiger partial charge in [0.1, 0.15) is 0 Å². The molecule has 3 aromatic rings. The van der Waals surface area contributed by atoms with Crippen molar-refractivity contribution in [2.24, 2.45) is 5.16 Å². The summed E-state index contributed by atoms with van der Waals surface area (Å²) in [6.07, 6.45) is 2.70. The van der Waals surface area contributed by atoms with Gasteiger partial charge in [0.2, 0.25) is 0 Å². The fraction of sp³-hybridized carbons (Fsp3) is 0. The predicted octanol–water partition coefficient (Wildman–Crippen LogP) is 3.75. The van der Waals surface area contributed by atoms with E-state index in [0.29, 0.717) is 5.69 Å². The van der Waals surface area contributed by atoms with E-state index in [1.54, 1.807) is 6.07 Å². The van der Waals surface area contributed by atoms with Gasteiger partial charge in [0.05, 0.1) is 6.21 Å². The molecule has 0 fully saturated rings. The largest absolute Gasteiger partial charge is 0.437 e. The van der Waals surface area contributed by atoms with Crippen molar-refractivity contribution in [1.29, 1.82) is 0 Å². The van der Waals surface area contributed by atoms with Crippen molar-refractivity contribution < 1.29 is 9.63 Å². The molecular formula is C16H13N3O2. The number of fused-ring (bicyclic) bond motifs is 1. The molecule has 0 radical (unpaired) electrons. The lowest BCUT2D eigenvalue weighted by atomic mass is 10.2. The summed E-state index contributed by atoms with van der Waals surface area (Å²) in [5, 5.41) is 7.28. The number of rotatable bonds is 3. The minimum atomic E-state index is -0.628. The van der Waals surface area contributed by atoms with Gasteiger partial charge in [-0.3, -0.25) is 10.2 Å². The molecule has 0 unspecified atom stereocenters. The molecule has 5 heteroatoms. The summed E-state index contributed by atoms with van der Waals surface area (Å²) in [6, 6.07) is 16.9. The van der Waals surface area contributed by atoms with E-state index in [9.17, 15) is 4.79 Å². The molecule has 0 spiro atoms. The lowest BCUT2D eigenvalue weighted by molar-refractivity contribution is 0.167. The number of hydrogen-bond acceptors (Lipinski definition) is 3. The number of carbonyl (C=O) groups is 1. The number of aromatic amines is 1. The lowest BCUT2D eigenvalue weighted by Crippen LogP contribution is -2.10. The fourth-order valence-corrected chi connectivity index (χ4v) is 1.95. The Morgan fingerprint density at radius 1 is 1.14 bits per heavy atom. The number of amides is 1. The van der Waals surface area contributed by atoms with Gasteiger partial charge in [-0.05, 0) is 29.8 Å². The normalized spacial score (nSPS) is 10.9. The van der Waals surface area contributed by atoms with E-state index in [4.69, 9.17) is 4.84 Å². The molecule has 2 aromatic carbocycles. The molecule has 0 saturated heterocycles. The smallest absolute Gasteiger partial charge is 0.361 e. The molecule has 1 aromatic heterocycles. The van der Waals surface area contributed by atoms with Gasteiger partial charge in [-0.15, -0.1) is 0 Å². The maximum atomic E-state index is 11.6. The zero-order chi connectivity index (χ0) is 14.5. The SMILES string of the molecule is O=C(Nc1ccc2[nH]ccc2c1)O/N=C/c1ccccc1. The Morgan fingerprint density at radius 2 is 2.00 bits per heavy atom. The van der Waals surface area contributed by atoms with Crippen molar-refractivity contribution >= 4 is 28.9 Å². The Kier molecular flexibility index (Phi) is 3.64. The number of H-pyrrole nitrogens is 1. The van der Waals surface area contributed by atoms with Crippen LogP contribution in [0.15, 0.2) is 65.9 Å². The van der Waals surface area contributed by atoms with Gasteiger partial charge in [0.25, 0.3) is 0 Å². The van der Waals surface area contributed by atoms with Crippen LogP contribution in [0.3, 0.4) is 0 Å². The molecule has 3 rings (SSSR count). The molecule has 0 saturated carbocycles. The first-order valence-electron chi connectivity index (χ1n) is 6.45. The Balaban J connectivity index is 1.60. The van der Waals surface area contributed by atoms with Crippen LogP contribution in [0.4, 0.5) is 10.5 Å². The van der Waals surface area contributed by atoms with Crippen molar-refractivity contribution in [1.82, 2.24) is 4.98 Å². The number of nitrogens with zero attached hydrogens (tertiary/aromatic N) is 1. The fourth-order valence-electron chi connectivity index (χ4n) is 1.95. The average Bonchev–Trinajstić information content (AvgIpc) is 2.96. The van der Waals surface area contributed by atoms with Crippen LogP contribution in [0.25, 0.3) is 10.9 Å². The van der Waals surface area contributed by atoms with Crippen LogP contribution in [0.1, 0.15) is 5.56 Å². The highest BCUT2D eigenvalue weighted by atomic mass is 16.7. The van der Waals surface area contributed by atoms with Crippen molar-refractivity contribution in [3.63, 3.8) is 0 Å². The molecule has 1 heterocycles. The van der Waals surface area contributed by atoms with Crippen molar-refractivity contribution in [3.05, 3.63) is 66.4 Å². The zero-order valence-corrected chi connectivity index (χ0v) is 11.1. The Bertz CT molecular complexity index is 778. The van der Waals surface area contributed by atoms with Crippen LogP contribution >= 0.6 is 0 Å². The maximum absolute atomic E-state index is 11.6. The number of carbonyl (C=O) groups excluding carboxylic acids is 1. The van der Waals surface area contributed by atoms with Crippen LogP contribution in [0.2, 0.25) is 0 Å². The van der Waals surface area contributed by atoms with Gasteiger partial charge in [0.15, 0.2) is 0 Å². The Labute approximate surface area is 121 Å². The highest BCUT2D eigenvalue weighted by Gasteiger charge is 2.03. The van der Waals surface area contributed by atoms with E-state index in [0.717, 1.165) is 16.5 Å². The summed E-state index contributed by atoms with van der Waals surface area (Å²) in [4.78, 5) is 19.5. The molecule has 0 atom stereocenters. The van der Waals surface area contributed by atoms with Gasteiger partial charge >= 0.3 is 6.09 Å². The lowest BCUT2D eigenvalue weighted by Gasteiger charge is -2.02. The Hall–Kier alpha value is -3.08. The standard InChI is InChI=1S/C16H13N3O2/c20-16(21-18-11-12-4-2-1-3-5-12)19-14-6-7-15-13(10-14)8-9-17-15/h1-11,17H,(H,19,20)/b18-11+. The van der Waals surface area contributed by atoms with E-state index in [1.165, 1.54) is 6.21 Å². The second-order valence-electron chi connectivity index (χ2n) is 4.43. The molecule has 0 bridgehead atoms.